The van der Waals surface area contributed by atoms with Crippen LogP contribution in [0.5, 0.6) is 17.2 Å². The molecule has 0 saturated carbocycles. The lowest BCUT2D eigenvalue weighted by atomic mass is 10.2. The maximum Gasteiger partial charge on any atom is 0.417 e. The summed E-state index contributed by atoms with van der Waals surface area (Å²) in [7, 11) is 4.57. The van der Waals surface area contributed by atoms with Gasteiger partial charge in [-0.05, 0) is 24.6 Å². The number of anilines is 1. The smallest absolute Gasteiger partial charge is 0.417 e. The molecule has 1 fully saturated rings. The van der Waals surface area contributed by atoms with Crippen molar-refractivity contribution < 1.29 is 32.2 Å². The Bertz CT molecular complexity index is 1180. The van der Waals surface area contributed by atoms with Crippen LogP contribution in [0.3, 0.4) is 0 Å². The van der Waals surface area contributed by atoms with Gasteiger partial charge in [0.2, 0.25) is 0 Å². The Morgan fingerprint density at radius 1 is 1.00 bits per heavy atom. The second-order valence-corrected chi connectivity index (χ2v) is 7.82. The molecule has 1 aliphatic heterocycles. The third kappa shape index (κ3) is 4.42. The fraction of sp³-hybridized carbons (Fsp3) is 0.391. The first-order valence-electron chi connectivity index (χ1n) is 10.7. The summed E-state index contributed by atoms with van der Waals surface area (Å²) >= 11 is 0. The van der Waals surface area contributed by atoms with Gasteiger partial charge in [-0.25, -0.2) is 4.98 Å². The second-order valence-electron chi connectivity index (χ2n) is 7.82. The summed E-state index contributed by atoms with van der Waals surface area (Å²) in [5.74, 6) is 1.74. The molecule has 1 aromatic carbocycles. The number of aromatic nitrogens is 2. The predicted octanol–water partition coefficient (Wildman–Crippen LogP) is 3.96. The number of H-pyrrole nitrogens is 1. The van der Waals surface area contributed by atoms with Crippen LogP contribution in [0, 0.1) is 0 Å². The van der Waals surface area contributed by atoms with Crippen LogP contribution < -0.4 is 19.1 Å². The number of aromatic amines is 1. The Labute approximate surface area is 194 Å². The van der Waals surface area contributed by atoms with Crippen molar-refractivity contribution in [3.05, 3.63) is 41.7 Å². The van der Waals surface area contributed by atoms with Crippen molar-refractivity contribution in [2.24, 2.45) is 0 Å². The molecule has 3 aromatic rings. The third-order valence-electron chi connectivity index (χ3n) is 5.85. The number of nitrogens with zero attached hydrogens (tertiary/aromatic N) is 3. The normalized spacial score (nSPS) is 14.8. The number of hydrogen-bond acceptors (Lipinski definition) is 6. The number of methoxy groups -OCH3 is 3. The van der Waals surface area contributed by atoms with Gasteiger partial charge < -0.3 is 29.0 Å². The molecule has 8 nitrogen and oxygen atoms in total. The van der Waals surface area contributed by atoms with Gasteiger partial charge in [0.15, 0.2) is 11.5 Å². The molecule has 0 aliphatic carbocycles. The van der Waals surface area contributed by atoms with E-state index in [1.165, 1.54) is 27.4 Å². The Balaban J connectivity index is 1.54. The molecule has 1 N–H and O–H groups in total. The molecule has 0 radical (unpaired) electrons. The minimum atomic E-state index is -4.43. The SMILES string of the molecule is COc1cc(OC)c2cc(C(=O)N3CCCN(c4ccc(C(F)(F)F)cn4)CC3)[nH]c2c1OC. The molecule has 0 spiro atoms. The quantitative estimate of drug-likeness (QED) is 0.598. The van der Waals surface area contributed by atoms with E-state index < -0.39 is 11.7 Å². The van der Waals surface area contributed by atoms with Crippen molar-refractivity contribution in [3.8, 4) is 17.2 Å². The van der Waals surface area contributed by atoms with Crippen LogP contribution >= 0.6 is 0 Å². The van der Waals surface area contributed by atoms with Crippen LogP contribution in [0.4, 0.5) is 19.0 Å². The number of hydrogen-bond donors (Lipinski definition) is 1. The number of fused-ring (bicyclic) bond motifs is 1. The molecule has 0 bridgehead atoms. The summed E-state index contributed by atoms with van der Waals surface area (Å²) in [4.78, 5) is 24.0. The third-order valence-corrected chi connectivity index (χ3v) is 5.85. The van der Waals surface area contributed by atoms with Crippen molar-refractivity contribution in [3.63, 3.8) is 0 Å². The van der Waals surface area contributed by atoms with Gasteiger partial charge in [0.05, 0.1) is 32.4 Å². The topological polar surface area (TPSA) is 79.9 Å². The molecule has 4 rings (SSSR count). The van der Waals surface area contributed by atoms with E-state index in [0.29, 0.717) is 72.3 Å². The first kappa shape index (κ1) is 23.5. The molecule has 34 heavy (non-hydrogen) atoms. The van der Waals surface area contributed by atoms with E-state index in [9.17, 15) is 18.0 Å². The van der Waals surface area contributed by atoms with E-state index in [2.05, 4.69) is 9.97 Å². The van der Waals surface area contributed by atoms with Gasteiger partial charge in [0.25, 0.3) is 5.91 Å². The average Bonchev–Trinajstić information content (AvgIpc) is 3.13. The first-order chi connectivity index (χ1) is 16.3. The highest BCUT2D eigenvalue weighted by molar-refractivity contribution is 6.02. The second kappa shape index (κ2) is 9.32. The lowest BCUT2D eigenvalue weighted by Crippen LogP contribution is -2.35. The Hall–Kier alpha value is -3.63. The monoisotopic (exact) mass is 478 g/mol. The number of nitrogens with one attached hydrogen (secondary N) is 1. The van der Waals surface area contributed by atoms with E-state index in [4.69, 9.17) is 14.2 Å². The molecular formula is C23H25F3N4O4. The average molecular weight is 478 g/mol. The number of halogens is 3. The number of pyridine rings is 1. The molecule has 11 heteroatoms. The van der Waals surface area contributed by atoms with Gasteiger partial charge in [-0.3, -0.25) is 4.79 Å². The van der Waals surface area contributed by atoms with E-state index in [1.807, 2.05) is 4.90 Å². The Morgan fingerprint density at radius 2 is 1.76 bits per heavy atom. The molecule has 1 saturated heterocycles. The molecule has 1 amide bonds. The van der Waals surface area contributed by atoms with Crippen molar-refractivity contribution >= 4 is 22.6 Å². The molecule has 0 unspecified atom stereocenters. The van der Waals surface area contributed by atoms with Gasteiger partial charge in [-0.2, -0.15) is 13.2 Å². The highest BCUT2D eigenvalue weighted by Gasteiger charge is 2.31. The first-order valence-corrected chi connectivity index (χ1v) is 10.7. The minimum Gasteiger partial charge on any atom is -0.496 e. The summed E-state index contributed by atoms with van der Waals surface area (Å²) in [6, 6.07) is 5.81. The number of benzene rings is 1. The maximum absolute atomic E-state index is 13.3. The zero-order chi connectivity index (χ0) is 24.5. The van der Waals surface area contributed by atoms with Gasteiger partial charge in [-0.15, -0.1) is 0 Å². The molecule has 1 aliphatic rings. The number of rotatable bonds is 5. The molecule has 3 heterocycles. The van der Waals surface area contributed by atoms with Crippen molar-refractivity contribution in [1.29, 1.82) is 0 Å². The van der Waals surface area contributed by atoms with Crippen LogP contribution in [-0.4, -0.2) is 68.3 Å². The molecule has 182 valence electrons. The van der Waals surface area contributed by atoms with Crippen LogP contribution in [0.2, 0.25) is 0 Å². The zero-order valence-electron chi connectivity index (χ0n) is 19.0. The fourth-order valence-corrected chi connectivity index (χ4v) is 4.11. The summed E-state index contributed by atoms with van der Waals surface area (Å²) in [5.41, 5.74) is 0.178. The Kier molecular flexibility index (Phi) is 6.45. The number of alkyl halides is 3. The highest BCUT2D eigenvalue weighted by atomic mass is 19.4. The van der Waals surface area contributed by atoms with E-state index in [0.717, 1.165) is 12.3 Å². The Morgan fingerprint density at radius 3 is 2.38 bits per heavy atom. The van der Waals surface area contributed by atoms with Crippen molar-refractivity contribution in [2.45, 2.75) is 12.6 Å². The van der Waals surface area contributed by atoms with Crippen LogP contribution in [-0.2, 0) is 6.18 Å². The van der Waals surface area contributed by atoms with Crippen LogP contribution in [0.15, 0.2) is 30.5 Å². The summed E-state index contributed by atoms with van der Waals surface area (Å²) in [6.07, 6.45) is -2.94. The van der Waals surface area contributed by atoms with Crippen molar-refractivity contribution in [1.82, 2.24) is 14.9 Å². The summed E-state index contributed by atoms with van der Waals surface area (Å²) in [5, 5.41) is 0.689. The molecule has 2 aromatic heterocycles. The zero-order valence-corrected chi connectivity index (χ0v) is 19.0. The van der Waals surface area contributed by atoms with Crippen LogP contribution in [0.1, 0.15) is 22.5 Å². The lowest BCUT2D eigenvalue weighted by Gasteiger charge is -2.23. The van der Waals surface area contributed by atoms with E-state index >= 15 is 0 Å². The minimum absolute atomic E-state index is 0.193. The van der Waals surface area contributed by atoms with E-state index in [1.54, 1.807) is 17.0 Å². The van der Waals surface area contributed by atoms with Gasteiger partial charge in [-0.1, -0.05) is 0 Å². The maximum atomic E-state index is 13.3. The van der Waals surface area contributed by atoms with Crippen LogP contribution in [0.25, 0.3) is 10.9 Å². The number of carbonyl (C=O) groups excluding carboxylic acids is 1. The van der Waals surface area contributed by atoms with Gasteiger partial charge in [0.1, 0.15) is 17.3 Å². The molecular weight excluding hydrogens is 453 g/mol. The number of ether oxygens (including phenoxy) is 3. The van der Waals surface area contributed by atoms with Gasteiger partial charge >= 0.3 is 6.18 Å². The van der Waals surface area contributed by atoms with E-state index in [-0.39, 0.29) is 5.91 Å². The standard InChI is InChI=1S/C23H25F3N4O4/c1-32-17-12-18(33-2)21(34-3)20-15(17)11-16(28-20)22(31)30-8-4-7-29(9-10-30)19-6-5-14(13-27-19)23(24,25)26/h5-6,11-13,28H,4,7-10H2,1-3H3. The highest BCUT2D eigenvalue weighted by Crippen LogP contribution is 2.41. The number of carbonyl (C=O) groups is 1. The van der Waals surface area contributed by atoms with Gasteiger partial charge in [0, 0.05) is 43.8 Å². The van der Waals surface area contributed by atoms with Crippen molar-refractivity contribution in [2.75, 3.05) is 52.4 Å². The molecule has 0 atom stereocenters. The lowest BCUT2D eigenvalue weighted by molar-refractivity contribution is -0.137. The predicted molar refractivity (Wildman–Crippen MR) is 120 cm³/mol. The fourth-order valence-electron chi connectivity index (χ4n) is 4.11. The summed E-state index contributed by atoms with van der Waals surface area (Å²) < 4.78 is 54.8. The summed E-state index contributed by atoms with van der Waals surface area (Å²) in [6.45, 7) is 1.93. The number of amides is 1. The largest absolute Gasteiger partial charge is 0.496 e.